The van der Waals surface area contributed by atoms with E-state index < -0.39 is 0 Å². The van der Waals surface area contributed by atoms with Gasteiger partial charge in [-0.25, -0.2) is 0 Å². The maximum absolute atomic E-state index is 12.5. The average Bonchev–Trinajstić information content (AvgIpc) is 2.73. The van der Waals surface area contributed by atoms with Crippen LogP contribution in [0.5, 0.6) is 0 Å². The fourth-order valence-electron chi connectivity index (χ4n) is 2.71. The molecule has 2 N–H and O–H groups in total. The summed E-state index contributed by atoms with van der Waals surface area (Å²) in [4.78, 5) is 12.5. The van der Waals surface area contributed by atoms with Crippen LogP contribution in [0.1, 0.15) is 35.4 Å². The number of carbonyl (C=O) groups is 1. The number of para-hydroxylation sites is 1. The number of furan rings is 1. The van der Waals surface area contributed by atoms with Crippen molar-refractivity contribution < 1.29 is 9.21 Å². The third kappa shape index (κ3) is 1.51. The molecule has 3 heteroatoms. The number of Topliss-reactive ketones (excluding diaryl/α,β-unsaturated/α-hetero) is 1. The minimum atomic E-state index is -0.359. The van der Waals surface area contributed by atoms with Crippen molar-refractivity contribution in [2.24, 2.45) is 11.1 Å². The molecule has 2 aromatic rings. The molecular formula is C15H17NO2. The van der Waals surface area contributed by atoms with Gasteiger partial charge in [0.05, 0.1) is 0 Å². The maximum atomic E-state index is 12.5. The Labute approximate surface area is 106 Å². The summed E-state index contributed by atoms with van der Waals surface area (Å²) in [7, 11) is 0. The normalized spacial score (nSPS) is 17.7. The SMILES string of the molecule is Cc1cccc2cc(C(=O)C3(CN)CCC3)oc12. The van der Waals surface area contributed by atoms with Gasteiger partial charge in [-0.2, -0.15) is 0 Å². The van der Waals surface area contributed by atoms with Crippen LogP contribution in [-0.4, -0.2) is 12.3 Å². The molecule has 3 nitrogen and oxygen atoms in total. The third-order valence-electron chi connectivity index (χ3n) is 4.15. The van der Waals surface area contributed by atoms with Crippen LogP contribution in [0.25, 0.3) is 11.0 Å². The molecule has 0 radical (unpaired) electrons. The standard InChI is InChI=1S/C15H17NO2/c1-10-4-2-5-11-8-12(18-13(10)11)14(17)15(9-16)6-3-7-15/h2,4-5,8H,3,6-7,9,16H2,1H3. The molecule has 0 atom stereocenters. The molecule has 0 saturated heterocycles. The van der Waals surface area contributed by atoms with Crippen molar-refractivity contribution in [1.82, 2.24) is 0 Å². The minimum Gasteiger partial charge on any atom is -0.453 e. The van der Waals surface area contributed by atoms with E-state index in [1.54, 1.807) is 0 Å². The number of benzene rings is 1. The highest BCUT2D eigenvalue weighted by Crippen LogP contribution is 2.43. The van der Waals surface area contributed by atoms with Crippen molar-refractivity contribution >= 4 is 16.8 Å². The van der Waals surface area contributed by atoms with Crippen LogP contribution in [0.4, 0.5) is 0 Å². The van der Waals surface area contributed by atoms with Crippen molar-refractivity contribution in [3.63, 3.8) is 0 Å². The number of carbonyl (C=O) groups excluding carboxylic acids is 1. The second kappa shape index (κ2) is 3.95. The number of aryl methyl sites for hydroxylation is 1. The number of fused-ring (bicyclic) bond motifs is 1. The van der Waals surface area contributed by atoms with E-state index in [2.05, 4.69) is 0 Å². The van der Waals surface area contributed by atoms with Gasteiger partial charge in [0.2, 0.25) is 5.78 Å². The van der Waals surface area contributed by atoms with E-state index in [-0.39, 0.29) is 11.2 Å². The Hall–Kier alpha value is -1.61. The predicted octanol–water partition coefficient (Wildman–Crippen LogP) is 3.05. The summed E-state index contributed by atoms with van der Waals surface area (Å²) in [6.07, 6.45) is 2.86. The van der Waals surface area contributed by atoms with Gasteiger partial charge < -0.3 is 10.2 Å². The fraction of sp³-hybridized carbons (Fsp3) is 0.400. The zero-order valence-corrected chi connectivity index (χ0v) is 10.5. The Morgan fingerprint density at radius 3 is 2.78 bits per heavy atom. The van der Waals surface area contributed by atoms with E-state index in [1.165, 1.54) is 0 Å². The number of hydrogen-bond donors (Lipinski definition) is 1. The maximum Gasteiger partial charge on any atom is 0.205 e. The fourth-order valence-corrected chi connectivity index (χ4v) is 2.71. The number of ketones is 1. The lowest BCUT2D eigenvalue weighted by Gasteiger charge is -2.38. The Morgan fingerprint density at radius 1 is 1.44 bits per heavy atom. The van der Waals surface area contributed by atoms with Crippen molar-refractivity contribution in [3.05, 3.63) is 35.6 Å². The lowest BCUT2D eigenvalue weighted by atomic mass is 9.65. The number of hydrogen-bond acceptors (Lipinski definition) is 3. The molecule has 1 saturated carbocycles. The summed E-state index contributed by atoms with van der Waals surface area (Å²) in [5.41, 5.74) is 7.28. The van der Waals surface area contributed by atoms with E-state index in [4.69, 9.17) is 10.2 Å². The zero-order chi connectivity index (χ0) is 12.8. The van der Waals surface area contributed by atoms with Gasteiger partial charge in [-0.05, 0) is 31.4 Å². The van der Waals surface area contributed by atoms with E-state index in [9.17, 15) is 4.79 Å². The monoisotopic (exact) mass is 243 g/mol. The molecule has 1 aromatic heterocycles. The van der Waals surface area contributed by atoms with Gasteiger partial charge in [0.25, 0.3) is 0 Å². The Bertz CT molecular complexity index is 602. The van der Waals surface area contributed by atoms with Crippen LogP contribution >= 0.6 is 0 Å². The summed E-state index contributed by atoms with van der Waals surface area (Å²) in [6, 6.07) is 7.78. The van der Waals surface area contributed by atoms with Gasteiger partial charge in [0, 0.05) is 17.3 Å². The molecule has 18 heavy (non-hydrogen) atoms. The highest BCUT2D eigenvalue weighted by molar-refractivity contribution is 6.02. The van der Waals surface area contributed by atoms with Gasteiger partial charge in [-0.3, -0.25) is 4.79 Å². The van der Waals surface area contributed by atoms with Crippen LogP contribution in [0.3, 0.4) is 0 Å². The summed E-state index contributed by atoms with van der Waals surface area (Å²) in [6.45, 7) is 2.41. The molecule has 3 rings (SSSR count). The van der Waals surface area contributed by atoms with Crippen molar-refractivity contribution in [2.45, 2.75) is 26.2 Å². The molecule has 1 fully saturated rings. The topological polar surface area (TPSA) is 56.2 Å². The minimum absolute atomic E-state index is 0.0758. The highest BCUT2D eigenvalue weighted by atomic mass is 16.3. The van der Waals surface area contributed by atoms with Crippen LogP contribution in [0, 0.1) is 12.3 Å². The molecule has 1 aliphatic rings. The predicted molar refractivity (Wildman–Crippen MR) is 70.6 cm³/mol. The van der Waals surface area contributed by atoms with Gasteiger partial charge in [-0.15, -0.1) is 0 Å². The lowest BCUT2D eigenvalue weighted by molar-refractivity contribution is 0.0606. The van der Waals surface area contributed by atoms with Gasteiger partial charge >= 0.3 is 0 Å². The first-order valence-corrected chi connectivity index (χ1v) is 6.40. The Kier molecular flexibility index (Phi) is 2.52. The van der Waals surface area contributed by atoms with Crippen LogP contribution in [0.2, 0.25) is 0 Å². The highest BCUT2D eigenvalue weighted by Gasteiger charge is 2.44. The molecule has 1 aromatic carbocycles. The first-order chi connectivity index (χ1) is 8.66. The van der Waals surface area contributed by atoms with Gasteiger partial charge in [-0.1, -0.05) is 24.6 Å². The summed E-state index contributed by atoms with van der Waals surface area (Å²) < 4.78 is 5.74. The first-order valence-electron chi connectivity index (χ1n) is 6.40. The van der Waals surface area contributed by atoms with Gasteiger partial charge in [0.1, 0.15) is 5.58 Å². The van der Waals surface area contributed by atoms with E-state index >= 15 is 0 Å². The molecule has 1 aliphatic carbocycles. The Morgan fingerprint density at radius 2 is 2.22 bits per heavy atom. The molecule has 0 spiro atoms. The summed E-state index contributed by atoms with van der Waals surface area (Å²) in [5.74, 6) is 0.538. The van der Waals surface area contributed by atoms with Crippen LogP contribution in [-0.2, 0) is 0 Å². The van der Waals surface area contributed by atoms with E-state index in [0.717, 1.165) is 35.8 Å². The molecule has 1 heterocycles. The van der Waals surface area contributed by atoms with E-state index in [0.29, 0.717) is 12.3 Å². The van der Waals surface area contributed by atoms with Crippen molar-refractivity contribution in [3.8, 4) is 0 Å². The molecule has 0 bridgehead atoms. The lowest BCUT2D eigenvalue weighted by Crippen LogP contribution is -2.44. The zero-order valence-electron chi connectivity index (χ0n) is 10.5. The van der Waals surface area contributed by atoms with Crippen molar-refractivity contribution in [1.29, 1.82) is 0 Å². The molecule has 0 amide bonds. The molecule has 0 unspecified atom stereocenters. The van der Waals surface area contributed by atoms with Crippen LogP contribution in [0.15, 0.2) is 28.7 Å². The second-order valence-corrected chi connectivity index (χ2v) is 5.27. The summed E-state index contributed by atoms with van der Waals surface area (Å²) >= 11 is 0. The van der Waals surface area contributed by atoms with Crippen LogP contribution < -0.4 is 5.73 Å². The van der Waals surface area contributed by atoms with Gasteiger partial charge in [0.15, 0.2) is 5.76 Å². The second-order valence-electron chi connectivity index (χ2n) is 5.27. The van der Waals surface area contributed by atoms with Crippen molar-refractivity contribution in [2.75, 3.05) is 6.54 Å². The Balaban J connectivity index is 2.04. The average molecular weight is 243 g/mol. The largest absolute Gasteiger partial charge is 0.453 e. The number of rotatable bonds is 3. The smallest absolute Gasteiger partial charge is 0.205 e. The molecule has 94 valence electrons. The molecule has 0 aliphatic heterocycles. The number of nitrogens with two attached hydrogens (primary N) is 1. The molecular weight excluding hydrogens is 226 g/mol. The third-order valence-corrected chi connectivity index (χ3v) is 4.15. The van der Waals surface area contributed by atoms with E-state index in [1.807, 2.05) is 31.2 Å². The summed E-state index contributed by atoms with van der Waals surface area (Å²) in [5, 5.41) is 0.991. The quantitative estimate of drug-likeness (QED) is 0.843. The first kappa shape index (κ1) is 11.5.